The van der Waals surface area contributed by atoms with Crippen LogP contribution in [0.4, 0.5) is 11.6 Å². The van der Waals surface area contributed by atoms with Gasteiger partial charge in [0.25, 0.3) is 0 Å². The van der Waals surface area contributed by atoms with Gasteiger partial charge >= 0.3 is 0 Å². The summed E-state index contributed by atoms with van der Waals surface area (Å²) in [5, 5.41) is 3.61. The molecule has 0 atom stereocenters. The van der Waals surface area contributed by atoms with Gasteiger partial charge in [-0.25, -0.2) is 9.97 Å². The average Bonchev–Trinajstić information content (AvgIpc) is 2.86. The zero-order valence-electron chi connectivity index (χ0n) is 11.6. The first-order valence-corrected chi connectivity index (χ1v) is 7.75. The fourth-order valence-electron chi connectivity index (χ4n) is 3.18. The fourth-order valence-corrected chi connectivity index (χ4v) is 3.18. The van der Waals surface area contributed by atoms with Crippen LogP contribution >= 0.6 is 0 Å². The fraction of sp³-hybridized carbons (Fsp3) is 0.733. The molecule has 1 aromatic rings. The first-order valence-electron chi connectivity index (χ1n) is 7.75. The summed E-state index contributed by atoms with van der Waals surface area (Å²) < 4.78 is 0. The molecule has 0 unspecified atom stereocenters. The van der Waals surface area contributed by atoms with E-state index in [0.717, 1.165) is 24.7 Å². The number of nitrogens with zero attached hydrogens (tertiary/aromatic N) is 3. The second kappa shape index (κ2) is 6.22. The Bertz CT molecular complexity index is 393. The van der Waals surface area contributed by atoms with Gasteiger partial charge in [0.05, 0.1) is 0 Å². The van der Waals surface area contributed by atoms with Crippen LogP contribution in [0.25, 0.3) is 0 Å². The van der Waals surface area contributed by atoms with Crippen LogP contribution in [0.15, 0.2) is 12.4 Å². The first kappa shape index (κ1) is 12.7. The van der Waals surface area contributed by atoms with Crippen LogP contribution in [0.5, 0.6) is 0 Å². The Morgan fingerprint density at radius 2 is 1.68 bits per heavy atom. The minimum atomic E-state index is 0.601. The standard InChI is InChI=1S/C15H24N4/c1-2-4-8-13(7-3-1)18-14-11-15(17-12-16-14)19-9-5-6-10-19/h11-13H,1-10H2,(H,16,17,18). The number of rotatable bonds is 3. The SMILES string of the molecule is c1nc(NC2CCCCCC2)cc(N2CCCC2)n1. The Balaban J connectivity index is 1.64. The molecular formula is C15H24N4. The molecule has 2 aliphatic rings. The van der Waals surface area contributed by atoms with Gasteiger partial charge in [-0.1, -0.05) is 25.7 Å². The molecule has 1 aliphatic carbocycles. The van der Waals surface area contributed by atoms with Crippen molar-refractivity contribution in [1.82, 2.24) is 9.97 Å². The Kier molecular flexibility index (Phi) is 4.16. The Morgan fingerprint density at radius 3 is 2.42 bits per heavy atom. The van der Waals surface area contributed by atoms with Gasteiger partial charge in [-0.2, -0.15) is 0 Å². The zero-order valence-corrected chi connectivity index (χ0v) is 11.6. The van der Waals surface area contributed by atoms with Gasteiger partial charge in [-0.15, -0.1) is 0 Å². The van der Waals surface area contributed by atoms with Gasteiger partial charge in [-0.05, 0) is 25.7 Å². The lowest BCUT2D eigenvalue weighted by atomic mass is 10.1. The predicted molar refractivity (Wildman–Crippen MR) is 78.6 cm³/mol. The Morgan fingerprint density at radius 1 is 0.947 bits per heavy atom. The summed E-state index contributed by atoms with van der Waals surface area (Å²) in [4.78, 5) is 11.2. The Hall–Kier alpha value is -1.32. The third-order valence-corrected chi connectivity index (χ3v) is 4.29. The van der Waals surface area contributed by atoms with Crippen molar-refractivity contribution >= 4 is 11.6 Å². The van der Waals surface area contributed by atoms with E-state index in [4.69, 9.17) is 0 Å². The molecule has 19 heavy (non-hydrogen) atoms. The second-order valence-corrected chi connectivity index (χ2v) is 5.79. The van der Waals surface area contributed by atoms with E-state index in [2.05, 4.69) is 26.3 Å². The molecule has 0 radical (unpaired) electrons. The van der Waals surface area contributed by atoms with Crippen LogP contribution in [-0.4, -0.2) is 29.1 Å². The maximum absolute atomic E-state index is 4.41. The van der Waals surface area contributed by atoms with Crippen molar-refractivity contribution in [2.45, 2.75) is 57.4 Å². The zero-order chi connectivity index (χ0) is 12.9. The van der Waals surface area contributed by atoms with Crippen molar-refractivity contribution < 1.29 is 0 Å². The van der Waals surface area contributed by atoms with E-state index in [1.54, 1.807) is 6.33 Å². The molecule has 2 fully saturated rings. The lowest BCUT2D eigenvalue weighted by Gasteiger charge is -2.19. The van der Waals surface area contributed by atoms with Crippen molar-refractivity contribution in [2.24, 2.45) is 0 Å². The van der Waals surface area contributed by atoms with Crippen LogP contribution in [-0.2, 0) is 0 Å². The minimum absolute atomic E-state index is 0.601. The van der Waals surface area contributed by atoms with E-state index < -0.39 is 0 Å². The molecule has 0 bridgehead atoms. The van der Waals surface area contributed by atoms with Crippen molar-refractivity contribution in [3.63, 3.8) is 0 Å². The van der Waals surface area contributed by atoms with Crippen LogP contribution in [0, 0.1) is 0 Å². The predicted octanol–water partition coefficient (Wildman–Crippen LogP) is 3.21. The lowest BCUT2D eigenvalue weighted by molar-refractivity contribution is 0.617. The van der Waals surface area contributed by atoms with Gasteiger partial charge in [-0.3, -0.25) is 0 Å². The average molecular weight is 260 g/mol. The van der Waals surface area contributed by atoms with Crippen LogP contribution < -0.4 is 10.2 Å². The number of anilines is 2. The normalized spacial score (nSPS) is 21.4. The van der Waals surface area contributed by atoms with E-state index in [1.165, 1.54) is 51.4 Å². The van der Waals surface area contributed by atoms with Crippen LogP contribution in [0.1, 0.15) is 51.4 Å². The summed E-state index contributed by atoms with van der Waals surface area (Å²) in [5.74, 6) is 2.09. The molecule has 0 amide bonds. The molecule has 4 heteroatoms. The molecule has 1 saturated heterocycles. The van der Waals surface area contributed by atoms with E-state index in [1.807, 2.05) is 0 Å². The third kappa shape index (κ3) is 3.37. The van der Waals surface area contributed by atoms with Crippen LogP contribution in [0.2, 0.25) is 0 Å². The Labute approximate surface area is 115 Å². The molecule has 1 saturated carbocycles. The molecule has 0 spiro atoms. The van der Waals surface area contributed by atoms with Crippen molar-refractivity contribution in [1.29, 1.82) is 0 Å². The quantitative estimate of drug-likeness (QED) is 0.847. The summed E-state index contributed by atoms with van der Waals surface area (Å²) in [7, 11) is 0. The van der Waals surface area contributed by atoms with Gasteiger partial charge in [0.1, 0.15) is 18.0 Å². The number of hydrogen-bond acceptors (Lipinski definition) is 4. The monoisotopic (exact) mass is 260 g/mol. The molecule has 2 heterocycles. The minimum Gasteiger partial charge on any atom is -0.367 e. The topological polar surface area (TPSA) is 41.1 Å². The first-order chi connectivity index (χ1) is 9.42. The largest absolute Gasteiger partial charge is 0.367 e. The molecular weight excluding hydrogens is 236 g/mol. The van der Waals surface area contributed by atoms with Crippen LogP contribution in [0.3, 0.4) is 0 Å². The second-order valence-electron chi connectivity index (χ2n) is 5.79. The summed E-state index contributed by atoms with van der Waals surface area (Å²) in [5.41, 5.74) is 0. The maximum Gasteiger partial charge on any atom is 0.134 e. The summed E-state index contributed by atoms with van der Waals surface area (Å²) in [6, 6.07) is 2.72. The van der Waals surface area contributed by atoms with E-state index in [-0.39, 0.29) is 0 Å². The summed E-state index contributed by atoms with van der Waals surface area (Å²) in [6.07, 6.45) is 12.3. The third-order valence-electron chi connectivity index (χ3n) is 4.29. The van der Waals surface area contributed by atoms with E-state index in [9.17, 15) is 0 Å². The molecule has 3 rings (SSSR count). The molecule has 1 aliphatic heterocycles. The number of nitrogens with one attached hydrogen (secondary N) is 1. The molecule has 0 aromatic carbocycles. The van der Waals surface area contributed by atoms with E-state index >= 15 is 0 Å². The number of aromatic nitrogens is 2. The maximum atomic E-state index is 4.41. The lowest BCUT2D eigenvalue weighted by Crippen LogP contribution is -2.21. The summed E-state index contributed by atoms with van der Waals surface area (Å²) >= 11 is 0. The number of hydrogen-bond donors (Lipinski definition) is 1. The van der Waals surface area contributed by atoms with Gasteiger partial charge in [0.15, 0.2) is 0 Å². The molecule has 1 aromatic heterocycles. The highest BCUT2D eigenvalue weighted by atomic mass is 15.2. The highest BCUT2D eigenvalue weighted by Crippen LogP contribution is 2.23. The van der Waals surface area contributed by atoms with Crippen molar-refractivity contribution in [3.05, 3.63) is 12.4 Å². The molecule has 4 nitrogen and oxygen atoms in total. The highest BCUT2D eigenvalue weighted by molar-refractivity contribution is 5.49. The smallest absolute Gasteiger partial charge is 0.134 e. The van der Waals surface area contributed by atoms with Crippen molar-refractivity contribution in [2.75, 3.05) is 23.3 Å². The van der Waals surface area contributed by atoms with E-state index in [0.29, 0.717) is 6.04 Å². The molecule has 1 N–H and O–H groups in total. The van der Waals surface area contributed by atoms with Gasteiger partial charge < -0.3 is 10.2 Å². The molecule has 104 valence electrons. The van der Waals surface area contributed by atoms with Crippen molar-refractivity contribution in [3.8, 4) is 0 Å². The highest BCUT2D eigenvalue weighted by Gasteiger charge is 2.16. The van der Waals surface area contributed by atoms with Gasteiger partial charge in [0, 0.05) is 25.2 Å². The van der Waals surface area contributed by atoms with Gasteiger partial charge in [0.2, 0.25) is 0 Å². The summed E-state index contributed by atoms with van der Waals surface area (Å²) in [6.45, 7) is 2.28.